The number of urea groups is 1. The van der Waals surface area contributed by atoms with Crippen LogP contribution in [-0.2, 0) is 4.74 Å². The van der Waals surface area contributed by atoms with Gasteiger partial charge in [-0.05, 0) is 55.7 Å². The van der Waals surface area contributed by atoms with Crippen LogP contribution in [0.25, 0.3) is 0 Å². The molecule has 1 fully saturated rings. The second kappa shape index (κ2) is 9.40. The Morgan fingerprint density at radius 2 is 1.91 bits per heavy atom. The highest BCUT2D eigenvalue weighted by atomic mass is 16.5. The predicted molar refractivity (Wildman–Crippen MR) is 90.8 cm³/mol. The van der Waals surface area contributed by atoms with E-state index < -0.39 is 0 Å². The lowest BCUT2D eigenvalue weighted by Crippen LogP contribution is -2.44. The van der Waals surface area contributed by atoms with Crippen molar-refractivity contribution >= 4 is 6.03 Å². The molecule has 0 spiro atoms. The number of amides is 2. The van der Waals surface area contributed by atoms with Crippen LogP contribution in [0.2, 0.25) is 0 Å². The number of carbonyl (C=O) groups is 1. The Morgan fingerprint density at radius 1 is 1.22 bits per heavy atom. The first-order chi connectivity index (χ1) is 11.2. The van der Waals surface area contributed by atoms with Crippen LogP contribution in [-0.4, -0.2) is 49.4 Å². The Labute approximate surface area is 138 Å². The number of likely N-dealkylation sites (tertiary alicyclic amines) is 1. The molecule has 1 aliphatic heterocycles. The van der Waals surface area contributed by atoms with Gasteiger partial charge in [0.05, 0.1) is 0 Å². The minimum Gasteiger partial charge on any atom is -0.508 e. The van der Waals surface area contributed by atoms with Crippen LogP contribution >= 0.6 is 0 Å². The summed E-state index contributed by atoms with van der Waals surface area (Å²) < 4.78 is 5.01. The fourth-order valence-corrected chi connectivity index (χ4v) is 3.02. The number of phenolic OH excluding ortho intramolecular Hbond substituents is 1. The molecule has 5 nitrogen and oxygen atoms in total. The molecule has 1 heterocycles. The molecule has 1 aliphatic rings. The standard InChI is InChI=1S/C18H28N2O3/c1-23-14-4-2-3-11-19-18(22)20-12-9-16(10-13-20)15-5-7-17(21)8-6-15/h5-8,16,21H,2-4,9-14H2,1H3,(H,19,22). The molecular weight excluding hydrogens is 292 g/mol. The number of methoxy groups -OCH3 is 1. The van der Waals surface area contributed by atoms with Gasteiger partial charge in [-0.15, -0.1) is 0 Å². The molecule has 0 unspecified atom stereocenters. The van der Waals surface area contributed by atoms with Crippen molar-refractivity contribution in [2.75, 3.05) is 33.4 Å². The number of rotatable bonds is 7. The zero-order chi connectivity index (χ0) is 16.5. The first-order valence-electron chi connectivity index (χ1n) is 8.51. The second-order valence-electron chi connectivity index (χ2n) is 6.14. The van der Waals surface area contributed by atoms with Crippen molar-refractivity contribution in [1.82, 2.24) is 10.2 Å². The Morgan fingerprint density at radius 3 is 2.57 bits per heavy atom. The van der Waals surface area contributed by atoms with E-state index in [2.05, 4.69) is 5.32 Å². The van der Waals surface area contributed by atoms with Crippen molar-refractivity contribution < 1.29 is 14.6 Å². The summed E-state index contributed by atoms with van der Waals surface area (Å²) in [6, 6.07) is 7.49. The molecule has 0 aromatic heterocycles. The maximum atomic E-state index is 12.1. The zero-order valence-corrected chi connectivity index (χ0v) is 14.0. The van der Waals surface area contributed by atoms with Crippen LogP contribution < -0.4 is 5.32 Å². The first-order valence-corrected chi connectivity index (χ1v) is 8.51. The van der Waals surface area contributed by atoms with Gasteiger partial charge in [-0.3, -0.25) is 0 Å². The van der Waals surface area contributed by atoms with E-state index >= 15 is 0 Å². The monoisotopic (exact) mass is 320 g/mol. The molecule has 128 valence electrons. The van der Waals surface area contributed by atoms with Crippen LogP contribution in [0.15, 0.2) is 24.3 Å². The van der Waals surface area contributed by atoms with Crippen LogP contribution in [0.4, 0.5) is 4.79 Å². The number of hydrogen-bond acceptors (Lipinski definition) is 3. The van der Waals surface area contributed by atoms with Crippen molar-refractivity contribution in [2.24, 2.45) is 0 Å². The molecule has 1 aromatic rings. The van der Waals surface area contributed by atoms with E-state index in [1.54, 1.807) is 19.2 Å². The van der Waals surface area contributed by atoms with Gasteiger partial charge in [-0.1, -0.05) is 12.1 Å². The van der Waals surface area contributed by atoms with E-state index in [4.69, 9.17) is 4.74 Å². The van der Waals surface area contributed by atoms with Gasteiger partial charge in [0, 0.05) is 33.4 Å². The number of benzene rings is 1. The van der Waals surface area contributed by atoms with E-state index in [1.165, 1.54) is 5.56 Å². The predicted octanol–water partition coefficient (Wildman–Crippen LogP) is 3.10. The lowest BCUT2D eigenvalue weighted by molar-refractivity contribution is 0.180. The molecule has 23 heavy (non-hydrogen) atoms. The molecule has 0 atom stereocenters. The van der Waals surface area contributed by atoms with Crippen molar-refractivity contribution in [3.63, 3.8) is 0 Å². The van der Waals surface area contributed by atoms with Crippen LogP contribution in [0.1, 0.15) is 43.6 Å². The van der Waals surface area contributed by atoms with Crippen LogP contribution in [0, 0.1) is 0 Å². The topological polar surface area (TPSA) is 61.8 Å². The number of nitrogens with zero attached hydrogens (tertiary/aromatic N) is 1. The maximum absolute atomic E-state index is 12.1. The lowest BCUT2D eigenvalue weighted by atomic mass is 9.89. The SMILES string of the molecule is COCCCCCNC(=O)N1CCC(c2ccc(O)cc2)CC1. The summed E-state index contributed by atoms with van der Waals surface area (Å²) in [7, 11) is 1.71. The average Bonchev–Trinajstić information content (AvgIpc) is 2.58. The Kier molecular flexibility index (Phi) is 7.20. The number of phenols is 1. The van der Waals surface area contributed by atoms with Crippen molar-refractivity contribution in [3.05, 3.63) is 29.8 Å². The fraction of sp³-hybridized carbons (Fsp3) is 0.611. The molecule has 2 rings (SSSR count). The first kappa shape index (κ1) is 17.6. The number of carbonyl (C=O) groups excluding carboxylic acids is 1. The lowest BCUT2D eigenvalue weighted by Gasteiger charge is -2.32. The summed E-state index contributed by atoms with van der Waals surface area (Å²) in [6.07, 6.45) is 5.08. The second-order valence-corrected chi connectivity index (χ2v) is 6.14. The van der Waals surface area contributed by atoms with E-state index in [9.17, 15) is 9.90 Å². The van der Waals surface area contributed by atoms with Gasteiger partial charge in [0.2, 0.25) is 0 Å². The minimum absolute atomic E-state index is 0.0564. The third kappa shape index (κ3) is 5.75. The molecule has 0 bridgehead atoms. The molecule has 0 saturated carbocycles. The van der Waals surface area contributed by atoms with E-state index in [0.29, 0.717) is 11.7 Å². The van der Waals surface area contributed by atoms with Crippen LogP contribution in [0.3, 0.4) is 0 Å². The third-order valence-electron chi connectivity index (χ3n) is 4.45. The Balaban J connectivity index is 1.65. The number of aromatic hydroxyl groups is 1. The number of nitrogens with one attached hydrogen (secondary N) is 1. The molecule has 1 saturated heterocycles. The molecule has 5 heteroatoms. The van der Waals surface area contributed by atoms with Gasteiger partial charge in [-0.2, -0.15) is 0 Å². The molecule has 2 amide bonds. The maximum Gasteiger partial charge on any atom is 0.317 e. The van der Waals surface area contributed by atoms with Gasteiger partial charge in [0.1, 0.15) is 5.75 Å². The average molecular weight is 320 g/mol. The summed E-state index contributed by atoms with van der Waals surface area (Å²) in [5, 5.41) is 12.4. The highest BCUT2D eigenvalue weighted by molar-refractivity contribution is 5.74. The van der Waals surface area contributed by atoms with Crippen molar-refractivity contribution in [2.45, 2.75) is 38.0 Å². The zero-order valence-electron chi connectivity index (χ0n) is 14.0. The van der Waals surface area contributed by atoms with Gasteiger partial charge >= 0.3 is 6.03 Å². The summed E-state index contributed by atoms with van der Waals surface area (Å²) in [5.74, 6) is 0.782. The molecule has 1 aromatic carbocycles. The smallest absolute Gasteiger partial charge is 0.317 e. The number of hydrogen-bond donors (Lipinski definition) is 2. The highest BCUT2D eigenvalue weighted by Crippen LogP contribution is 2.28. The van der Waals surface area contributed by atoms with Gasteiger partial charge in [-0.25, -0.2) is 4.79 Å². The Bertz CT molecular complexity index is 468. The van der Waals surface area contributed by atoms with Crippen LogP contribution in [0.5, 0.6) is 5.75 Å². The Hall–Kier alpha value is -1.75. The molecule has 0 radical (unpaired) electrons. The quantitative estimate of drug-likeness (QED) is 0.759. The highest BCUT2D eigenvalue weighted by Gasteiger charge is 2.23. The summed E-state index contributed by atoms with van der Waals surface area (Å²) in [5.41, 5.74) is 1.25. The molecular formula is C18H28N2O3. The minimum atomic E-state index is 0.0564. The van der Waals surface area contributed by atoms with E-state index in [0.717, 1.165) is 58.3 Å². The van der Waals surface area contributed by atoms with E-state index in [-0.39, 0.29) is 6.03 Å². The summed E-state index contributed by atoms with van der Waals surface area (Å²) in [6.45, 7) is 3.11. The summed E-state index contributed by atoms with van der Waals surface area (Å²) >= 11 is 0. The fourth-order valence-electron chi connectivity index (χ4n) is 3.02. The summed E-state index contributed by atoms with van der Waals surface area (Å²) in [4.78, 5) is 14.0. The molecule has 0 aliphatic carbocycles. The molecule has 2 N–H and O–H groups in total. The normalized spacial score (nSPS) is 15.6. The largest absolute Gasteiger partial charge is 0.508 e. The van der Waals surface area contributed by atoms with Crippen molar-refractivity contribution in [3.8, 4) is 5.75 Å². The van der Waals surface area contributed by atoms with E-state index in [1.807, 2.05) is 17.0 Å². The number of piperidine rings is 1. The van der Waals surface area contributed by atoms with Gasteiger partial charge in [0.15, 0.2) is 0 Å². The van der Waals surface area contributed by atoms with Gasteiger partial charge < -0.3 is 20.1 Å². The van der Waals surface area contributed by atoms with Gasteiger partial charge in [0.25, 0.3) is 0 Å². The van der Waals surface area contributed by atoms with Crippen molar-refractivity contribution in [1.29, 1.82) is 0 Å². The number of ether oxygens (including phenoxy) is 1. The number of unbranched alkanes of at least 4 members (excludes halogenated alkanes) is 2. The third-order valence-corrected chi connectivity index (χ3v) is 4.45.